The quantitative estimate of drug-likeness (QED) is 0.556. The second-order valence-electron chi connectivity index (χ2n) is 7.91. The number of hydrogen-bond donors (Lipinski definition) is 2. The molecule has 162 valence electrons. The summed E-state index contributed by atoms with van der Waals surface area (Å²) in [6.07, 6.45) is 5.53. The molecular weight excluding hydrogens is 419 g/mol. The van der Waals surface area contributed by atoms with Gasteiger partial charge in [-0.3, -0.25) is 5.32 Å². The number of rotatable bonds is 6. The topological polar surface area (TPSA) is 103 Å². The van der Waals surface area contributed by atoms with Crippen LogP contribution in [0.5, 0.6) is 5.75 Å². The normalized spacial score (nSPS) is 14.6. The fourth-order valence-electron chi connectivity index (χ4n) is 4.25. The van der Waals surface area contributed by atoms with E-state index in [4.69, 9.17) is 9.47 Å². The SMILES string of the molecule is COc1cc(C(=O)[O-])ccc1C(C)c1c[nH]c2ccc(NC(=O)OC3CCCC3)cc12.[Na+]. The van der Waals surface area contributed by atoms with Gasteiger partial charge in [-0.15, -0.1) is 0 Å². The molecule has 1 aliphatic carbocycles. The van der Waals surface area contributed by atoms with Crippen molar-refractivity contribution in [2.45, 2.75) is 44.6 Å². The zero-order chi connectivity index (χ0) is 22.0. The maximum absolute atomic E-state index is 12.2. The number of carbonyl (C=O) groups is 2. The number of carboxylic acids is 1. The molecule has 1 unspecified atom stereocenters. The first-order valence-electron chi connectivity index (χ1n) is 10.4. The molecule has 1 atom stereocenters. The zero-order valence-corrected chi connectivity index (χ0v) is 20.6. The van der Waals surface area contributed by atoms with Crippen molar-refractivity contribution < 1.29 is 53.7 Å². The third kappa shape index (κ3) is 5.11. The van der Waals surface area contributed by atoms with Gasteiger partial charge in [-0.05, 0) is 55.5 Å². The Kier molecular flexibility index (Phi) is 7.87. The maximum atomic E-state index is 12.2. The van der Waals surface area contributed by atoms with Gasteiger partial charge in [-0.1, -0.05) is 19.1 Å². The summed E-state index contributed by atoms with van der Waals surface area (Å²) < 4.78 is 10.9. The van der Waals surface area contributed by atoms with Crippen LogP contribution in [0.25, 0.3) is 10.9 Å². The number of H-pyrrole nitrogens is 1. The van der Waals surface area contributed by atoms with Gasteiger partial charge >= 0.3 is 35.7 Å². The van der Waals surface area contributed by atoms with E-state index in [0.29, 0.717) is 11.4 Å². The summed E-state index contributed by atoms with van der Waals surface area (Å²) in [6, 6.07) is 10.4. The Morgan fingerprint density at radius 2 is 1.88 bits per heavy atom. The summed E-state index contributed by atoms with van der Waals surface area (Å²) in [6.45, 7) is 2.02. The third-order valence-corrected chi connectivity index (χ3v) is 5.94. The number of aromatic amines is 1. The molecule has 1 aromatic heterocycles. The molecular formula is C24H25N2NaO5. The minimum absolute atomic E-state index is 0. The van der Waals surface area contributed by atoms with Crippen LogP contribution in [0.15, 0.2) is 42.6 Å². The molecule has 2 aromatic carbocycles. The van der Waals surface area contributed by atoms with E-state index >= 15 is 0 Å². The van der Waals surface area contributed by atoms with Crippen LogP contribution in [0.1, 0.15) is 60.0 Å². The number of carbonyl (C=O) groups excluding carboxylic acids is 2. The average Bonchev–Trinajstić information content (AvgIpc) is 3.42. The molecule has 3 aromatic rings. The van der Waals surface area contributed by atoms with Crippen molar-refractivity contribution in [2.24, 2.45) is 0 Å². The number of aromatic carboxylic acids is 1. The predicted octanol–water partition coefficient (Wildman–Crippen LogP) is 1.19. The van der Waals surface area contributed by atoms with Gasteiger partial charge in [0.2, 0.25) is 0 Å². The van der Waals surface area contributed by atoms with E-state index in [1.165, 1.54) is 19.2 Å². The molecule has 0 saturated heterocycles. The Bertz CT molecular complexity index is 1120. The molecule has 0 bridgehead atoms. The van der Waals surface area contributed by atoms with Crippen LogP contribution in [0.2, 0.25) is 0 Å². The first kappa shape index (κ1) is 24.2. The van der Waals surface area contributed by atoms with E-state index in [9.17, 15) is 14.7 Å². The molecule has 1 fully saturated rings. The molecule has 32 heavy (non-hydrogen) atoms. The van der Waals surface area contributed by atoms with Crippen LogP contribution < -0.4 is 44.7 Å². The minimum Gasteiger partial charge on any atom is -0.545 e. The summed E-state index contributed by atoms with van der Waals surface area (Å²) >= 11 is 0. The van der Waals surface area contributed by atoms with Crippen LogP contribution in [0, 0.1) is 0 Å². The second-order valence-corrected chi connectivity index (χ2v) is 7.91. The van der Waals surface area contributed by atoms with Crippen molar-refractivity contribution in [3.05, 3.63) is 59.3 Å². The fraction of sp³-hybridized carbons (Fsp3) is 0.333. The van der Waals surface area contributed by atoms with E-state index in [1.54, 1.807) is 6.07 Å². The standard InChI is InChI=1S/C24H26N2O5.Na/c1-14(18-9-7-15(23(27)28)11-22(18)30-2)20-13-25-21-10-8-16(12-19(20)21)26-24(29)31-17-5-3-4-6-17;/h7-14,17,25H,3-6H2,1-2H3,(H,26,29)(H,27,28);/q;+1/p-1. The van der Waals surface area contributed by atoms with Crippen molar-refractivity contribution in [3.8, 4) is 5.75 Å². The number of amides is 1. The van der Waals surface area contributed by atoms with E-state index in [0.717, 1.165) is 47.7 Å². The van der Waals surface area contributed by atoms with E-state index in [2.05, 4.69) is 10.3 Å². The number of anilines is 1. The summed E-state index contributed by atoms with van der Waals surface area (Å²) in [5, 5.41) is 15.0. The molecule has 7 nitrogen and oxygen atoms in total. The Balaban J connectivity index is 0.00000289. The Labute approximate surface area is 208 Å². The van der Waals surface area contributed by atoms with Crippen LogP contribution in [0.4, 0.5) is 10.5 Å². The van der Waals surface area contributed by atoms with Gasteiger partial charge in [0.1, 0.15) is 11.9 Å². The van der Waals surface area contributed by atoms with Crippen molar-refractivity contribution in [2.75, 3.05) is 12.4 Å². The molecule has 1 saturated carbocycles. The molecule has 1 amide bonds. The number of methoxy groups -OCH3 is 1. The first-order valence-corrected chi connectivity index (χ1v) is 10.4. The van der Waals surface area contributed by atoms with Crippen LogP contribution in [-0.2, 0) is 4.74 Å². The molecule has 0 aliphatic heterocycles. The Morgan fingerprint density at radius 3 is 2.56 bits per heavy atom. The Hall–Kier alpha value is -2.48. The van der Waals surface area contributed by atoms with Gasteiger partial charge in [0.15, 0.2) is 0 Å². The van der Waals surface area contributed by atoms with Gasteiger partial charge < -0.3 is 24.4 Å². The summed E-state index contributed by atoms with van der Waals surface area (Å²) in [5.41, 5.74) is 3.51. The first-order chi connectivity index (χ1) is 15.0. The maximum Gasteiger partial charge on any atom is 1.00 e. The molecule has 8 heteroatoms. The fourth-order valence-corrected chi connectivity index (χ4v) is 4.25. The number of aromatic nitrogens is 1. The molecule has 0 spiro atoms. The van der Waals surface area contributed by atoms with Crippen LogP contribution in [-0.4, -0.2) is 30.3 Å². The van der Waals surface area contributed by atoms with Gasteiger partial charge in [0.05, 0.1) is 13.1 Å². The van der Waals surface area contributed by atoms with Crippen LogP contribution in [0.3, 0.4) is 0 Å². The van der Waals surface area contributed by atoms with Crippen molar-refractivity contribution >= 4 is 28.7 Å². The van der Waals surface area contributed by atoms with Gasteiger partial charge in [-0.25, -0.2) is 4.79 Å². The summed E-state index contributed by atoms with van der Waals surface area (Å²) in [5.74, 6) is -0.844. The number of hydrogen-bond acceptors (Lipinski definition) is 5. The predicted molar refractivity (Wildman–Crippen MR) is 115 cm³/mol. The van der Waals surface area contributed by atoms with E-state index in [-0.39, 0.29) is 47.1 Å². The van der Waals surface area contributed by atoms with Crippen molar-refractivity contribution in [1.82, 2.24) is 4.98 Å². The number of ether oxygens (including phenoxy) is 2. The number of nitrogens with one attached hydrogen (secondary N) is 2. The molecule has 4 rings (SSSR count). The summed E-state index contributed by atoms with van der Waals surface area (Å²) in [7, 11) is 1.51. The average molecular weight is 444 g/mol. The van der Waals surface area contributed by atoms with E-state index in [1.807, 2.05) is 31.3 Å². The van der Waals surface area contributed by atoms with Gasteiger partial charge in [-0.2, -0.15) is 0 Å². The molecule has 1 heterocycles. The smallest absolute Gasteiger partial charge is 0.545 e. The number of benzene rings is 2. The zero-order valence-electron chi connectivity index (χ0n) is 18.6. The second kappa shape index (κ2) is 10.4. The third-order valence-electron chi connectivity index (χ3n) is 5.94. The number of carboxylic acid groups (broad SMARTS) is 1. The van der Waals surface area contributed by atoms with E-state index < -0.39 is 12.1 Å². The molecule has 1 aliphatic rings. The minimum atomic E-state index is -1.25. The molecule has 2 N–H and O–H groups in total. The van der Waals surface area contributed by atoms with Crippen molar-refractivity contribution in [1.29, 1.82) is 0 Å². The largest absolute Gasteiger partial charge is 1.00 e. The van der Waals surface area contributed by atoms with Gasteiger partial charge in [0, 0.05) is 39.8 Å². The van der Waals surface area contributed by atoms with Gasteiger partial charge in [0.25, 0.3) is 0 Å². The Morgan fingerprint density at radius 1 is 1.12 bits per heavy atom. The number of fused-ring (bicyclic) bond motifs is 1. The molecule has 0 radical (unpaired) electrons. The van der Waals surface area contributed by atoms with Crippen molar-refractivity contribution in [3.63, 3.8) is 0 Å². The van der Waals surface area contributed by atoms with Crippen LogP contribution >= 0.6 is 0 Å². The monoisotopic (exact) mass is 444 g/mol. The summed E-state index contributed by atoms with van der Waals surface area (Å²) in [4.78, 5) is 26.7.